The largest absolute Gasteiger partial charge is 0.497 e. The second-order valence-electron chi connectivity index (χ2n) is 27.3. The number of rotatable bonds is 14. The van der Waals surface area contributed by atoms with Crippen molar-refractivity contribution in [1.29, 1.82) is 0 Å². The molecule has 119 heavy (non-hydrogen) atoms. The third-order valence-electron chi connectivity index (χ3n) is 18.3. The van der Waals surface area contributed by atoms with Crippen LogP contribution in [-0.4, -0.2) is 77.9 Å². The first-order valence-corrected chi connectivity index (χ1v) is 40.2. The number of fused-ring (bicyclic) bond motifs is 8. The van der Waals surface area contributed by atoms with Gasteiger partial charge in [0, 0.05) is 62.9 Å². The molecule has 13 aromatic carbocycles. The summed E-state index contributed by atoms with van der Waals surface area (Å²) < 4.78 is 22.7. The van der Waals surface area contributed by atoms with Crippen LogP contribution in [0.25, 0.3) is 112 Å². The van der Waals surface area contributed by atoms with Crippen molar-refractivity contribution < 1.29 is 33.4 Å². The first-order chi connectivity index (χ1) is 55.4. The van der Waals surface area contributed by atoms with Crippen molar-refractivity contribution in [2.45, 2.75) is 70.4 Å². The normalized spacial score (nSPS) is 10.7. The molecular weight excluding hydrogens is 1580 g/mol. The quantitative estimate of drug-likeness (QED) is 0.0796. The van der Waals surface area contributed by atoms with Gasteiger partial charge in [0.2, 0.25) is 0 Å². The Hall–Kier alpha value is -13.4. The summed E-state index contributed by atoms with van der Waals surface area (Å²) in [5.41, 5.74) is 10.6. The van der Waals surface area contributed by atoms with Crippen LogP contribution in [0.15, 0.2) is 285 Å². The van der Waals surface area contributed by atoms with Gasteiger partial charge in [-0.25, -0.2) is 29.9 Å². The minimum Gasteiger partial charge on any atom is -0.497 e. The van der Waals surface area contributed by atoms with Gasteiger partial charge in [0.15, 0.2) is 20.5 Å². The molecular formula is C96H89N11O7S5. The highest BCUT2D eigenvalue weighted by atomic mass is 32.1. The molecule has 0 aliphatic heterocycles. The molecule has 4 N–H and O–H groups in total. The van der Waals surface area contributed by atoms with Crippen molar-refractivity contribution in [1.82, 2.24) is 34.5 Å². The fraction of sp³-hybridized carbons (Fsp3) is 0.125. The van der Waals surface area contributed by atoms with E-state index in [0.29, 0.717) is 42.8 Å². The maximum absolute atomic E-state index is 12.8. The molecule has 23 heteroatoms. The lowest BCUT2D eigenvalue weighted by Crippen LogP contribution is -2.22. The zero-order valence-corrected chi connectivity index (χ0v) is 66.2. The number of imidazole rings is 1. The number of carbonyl (C=O) groups excluding carboxylic acids is 4. The Balaban J connectivity index is 0.000000154. The highest BCUT2D eigenvalue weighted by Crippen LogP contribution is 2.39. The average Bonchev–Trinajstić information content (AvgIpc) is 1.71. The number of amides is 4. The number of nitrogens with zero attached hydrogens (tertiary/aromatic N) is 7. The average molecular weight is 1670 g/mol. The summed E-state index contributed by atoms with van der Waals surface area (Å²) in [5.74, 6) is 1.62. The molecule has 19 aromatic rings. The third-order valence-corrected chi connectivity index (χ3v) is 22.8. The summed E-state index contributed by atoms with van der Waals surface area (Å²) in [5, 5.41) is 25.7. The summed E-state index contributed by atoms with van der Waals surface area (Å²) in [7, 11) is 3.27. The minimum absolute atomic E-state index is 0. The first-order valence-electron chi connectivity index (χ1n) is 36.1. The van der Waals surface area contributed by atoms with Crippen LogP contribution in [0, 0.1) is 6.92 Å². The number of ether oxygens (including phenoxy) is 3. The number of thiazole rings is 5. The van der Waals surface area contributed by atoms with Crippen molar-refractivity contribution >= 4 is 185 Å². The number of hydrogen-bond acceptors (Lipinski definition) is 18. The summed E-state index contributed by atoms with van der Waals surface area (Å²) in [6.07, 6.45) is 5.39. The molecule has 0 aliphatic rings. The SMILES string of the molecule is C.C.C.C.C.CC(C)(C)Oc1ccc2nc(NC(=O)c3ccc4ccccc4c3)sc2c1.COc1ccc(-c2ccc3nc(NC(=O)c4ccc5ccccc5c4)sc3c2)c(OC)c1.Cc1nc(-c2ccc3nc(NC(=O)c4ccc5ccccc5c4)sc3c2)cs1.O=C(Nc1nc2ccc(-n3ccnc3)cc2s1)c1ccc2ccccc2c1. The lowest BCUT2D eigenvalue weighted by Gasteiger charge is -2.21. The van der Waals surface area contributed by atoms with Gasteiger partial charge in [0.1, 0.15) is 22.8 Å². The van der Waals surface area contributed by atoms with E-state index in [-0.39, 0.29) is 66.4 Å². The van der Waals surface area contributed by atoms with E-state index in [1.165, 1.54) is 45.3 Å². The van der Waals surface area contributed by atoms with Crippen LogP contribution in [0.1, 0.15) is 104 Å². The van der Waals surface area contributed by atoms with Crippen LogP contribution in [0.4, 0.5) is 20.5 Å². The molecule has 19 rings (SSSR count). The van der Waals surface area contributed by atoms with Crippen LogP contribution < -0.4 is 35.5 Å². The van der Waals surface area contributed by atoms with Crippen LogP contribution in [-0.2, 0) is 0 Å². The van der Waals surface area contributed by atoms with Crippen molar-refractivity contribution in [2.24, 2.45) is 0 Å². The van der Waals surface area contributed by atoms with Gasteiger partial charge in [-0.05, 0) is 198 Å². The predicted molar refractivity (Wildman–Crippen MR) is 502 cm³/mol. The molecule has 600 valence electrons. The van der Waals surface area contributed by atoms with Gasteiger partial charge in [-0.3, -0.25) is 40.4 Å². The Labute approximate surface area is 710 Å². The van der Waals surface area contributed by atoms with Crippen LogP contribution in [0.2, 0.25) is 0 Å². The highest BCUT2D eigenvalue weighted by molar-refractivity contribution is 7.23. The van der Waals surface area contributed by atoms with E-state index in [0.717, 1.165) is 134 Å². The Morgan fingerprint density at radius 2 is 0.756 bits per heavy atom. The minimum atomic E-state index is -0.258. The number of aryl methyl sites for hydroxylation is 1. The smallest absolute Gasteiger partial charge is 0.257 e. The van der Waals surface area contributed by atoms with Gasteiger partial charge in [-0.1, -0.05) is 216 Å². The van der Waals surface area contributed by atoms with E-state index in [9.17, 15) is 19.2 Å². The fourth-order valence-electron chi connectivity index (χ4n) is 12.7. The maximum atomic E-state index is 12.8. The monoisotopic (exact) mass is 1670 g/mol. The molecule has 0 saturated carbocycles. The zero-order chi connectivity index (χ0) is 78.4. The molecule has 0 unspecified atom stereocenters. The summed E-state index contributed by atoms with van der Waals surface area (Å²) >= 11 is 7.45. The lowest BCUT2D eigenvalue weighted by atomic mass is 10.0. The molecule has 0 spiro atoms. The molecule has 6 heterocycles. The summed E-state index contributed by atoms with van der Waals surface area (Å²) in [4.78, 5) is 77.5. The maximum Gasteiger partial charge on any atom is 0.257 e. The molecule has 0 bridgehead atoms. The first kappa shape index (κ1) is 86.4. The second kappa shape index (κ2) is 38.1. The highest BCUT2D eigenvalue weighted by Gasteiger charge is 2.19. The van der Waals surface area contributed by atoms with E-state index >= 15 is 0 Å². The standard InChI is InChI=1S/C26H20N2O3S.C22H15N3OS2.C22H20N2O2S.C21H14N4OS.5CH4/c1-30-20-10-11-21(23(15-20)31-2)18-9-12-22-24(14-18)32-26(27-22)28-25(29)19-8-7-16-5-3-4-6-17(16)13-19;1-13-23-19(12-27-13)16-8-9-18-20(11-16)28-22(24-18)25-21(26)17-7-6-14-4-2-3-5-15(14)10-17;1-22(2,3)26-17-10-11-18-19(13-17)27-21(23-18)24-20(25)16-9-8-14-6-4-5-7-15(14)12-16;26-20(16-6-5-14-3-1-2-4-15(14)11-16)24-21-23-18-8-7-17(12-19(18)27-21)25-10-9-22-13-25;;;;;/h3-15H,1-2H3,(H,27,28,29);2-12H,1H3,(H,24,25,26);4-13H,1-3H3,(H,23,24,25);1-13H,(H,23,24,26);5*1H4. The number of methoxy groups -OCH3 is 2. The Morgan fingerprint density at radius 3 is 1.14 bits per heavy atom. The van der Waals surface area contributed by atoms with Crippen molar-refractivity contribution in [3.8, 4) is 45.3 Å². The molecule has 6 aromatic heterocycles. The van der Waals surface area contributed by atoms with E-state index < -0.39 is 0 Å². The molecule has 0 aliphatic carbocycles. The molecule has 4 amide bonds. The lowest BCUT2D eigenvalue weighted by molar-refractivity contribution is 0.101. The number of aromatic nitrogens is 7. The Kier molecular flexibility index (Phi) is 27.7. The van der Waals surface area contributed by atoms with E-state index in [4.69, 9.17) is 14.2 Å². The molecule has 0 radical (unpaired) electrons. The van der Waals surface area contributed by atoms with E-state index in [1.807, 2.05) is 287 Å². The fourth-order valence-corrected chi connectivity index (χ4v) is 16.9. The topological polar surface area (TPSA) is 226 Å². The number of carbonyl (C=O) groups is 4. The van der Waals surface area contributed by atoms with Crippen molar-refractivity contribution in [3.05, 3.63) is 312 Å². The van der Waals surface area contributed by atoms with Crippen LogP contribution in [0.3, 0.4) is 0 Å². The summed E-state index contributed by atoms with van der Waals surface area (Å²) in [6.45, 7) is 8.04. The van der Waals surface area contributed by atoms with Gasteiger partial charge < -0.3 is 18.8 Å². The van der Waals surface area contributed by atoms with Gasteiger partial charge in [0.05, 0.1) is 72.1 Å². The molecule has 0 atom stereocenters. The molecule has 18 nitrogen and oxygen atoms in total. The number of hydrogen-bond donors (Lipinski definition) is 4. The van der Waals surface area contributed by atoms with Gasteiger partial charge in [-0.15, -0.1) is 11.3 Å². The number of anilines is 4. The van der Waals surface area contributed by atoms with Gasteiger partial charge in [-0.2, -0.15) is 0 Å². The van der Waals surface area contributed by atoms with Crippen molar-refractivity contribution in [3.63, 3.8) is 0 Å². The zero-order valence-electron chi connectivity index (χ0n) is 62.2. The van der Waals surface area contributed by atoms with Crippen LogP contribution in [0.5, 0.6) is 17.2 Å². The number of benzene rings is 13. The van der Waals surface area contributed by atoms with Crippen molar-refractivity contribution in [2.75, 3.05) is 35.5 Å². The Bertz CT molecular complexity index is 6840. The third kappa shape index (κ3) is 20.3. The molecule has 0 saturated heterocycles. The van der Waals surface area contributed by atoms with Crippen LogP contribution >= 0.6 is 56.7 Å². The second-order valence-corrected chi connectivity index (χ2v) is 32.5. The van der Waals surface area contributed by atoms with E-state index in [2.05, 4.69) is 68.7 Å². The summed E-state index contributed by atoms with van der Waals surface area (Å²) in [6, 6.07) is 84.3. The predicted octanol–water partition coefficient (Wildman–Crippen LogP) is 26.5. The van der Waals surface area contributed by atoms with E-state index in [1.54, 1.807) is 38.1 Å². The van der Waals surface area contributed by atoms with Gasteiger partial charge >= 0.3 is 0 Å². The molecule has 0 fully saturated rings. The Morgan fingerprint density at radius 1 is 0.378 bits per heavy atom. The van der Waals surface area contributed by atoms with Gasteiger partial charge in [0.25, 0.3) is 23.6 Å². The number of nitrogens with one attached hydrogen (secondary N) is 4.